The molecule has 0 fully saturated rings. The zero-order valence-electron chi connectivity index (χ0n) is 9.50. The molecule has 0 bridgehead atoms. The smallest absolute Gasteiger partial charge is 0.166 e. The molecule has 0 spiro atoms. The number of aliphatic hydroxyl groups excluding tert-OH is 4. The maximum absolute atomic E-state index is 11.5. The Morgan fingerprint density at radius 3 is 2.06 bits per heavy atom. The van der Waals surface area contributed by atoms with Gasteiger partial charge in [0.2, 0.25) is 0 Å². The van der Waals surface area contributed by atoms with Crippen molar-refractivity contribution in [3.05, 3.63) is 0 Å². The number of aliphatic hydroxyl groups is 5. The van der Waals surface area contributed by atoms with E-state index in [0.717, 1.165) is 0 Å². The van der Waals surface area contributed by atoms with Crippen molar-refractivity contribution in [3.8, 4) is 0 Å². The molecule has 0 aromatic heterocycles. The third-order valence-electron chi connectivity index (χ3n) is 2.74. The van der Waals surface area contributed by atoms with Crippen LogP contribution in [0.15, 0.2) is 0 Å². The Bertz CT molecular complexity index is 231. The van der Waals surface area contributed by atoms with Crippen molar-refractivity contribution in [2.45, 2.75) is 50.6 Å². The second-order valence-electron chi connectivity index (χ2n) is 3.74. The van der Waals surface area contributed by atoms with Crippen molar-refractivity contribution in [1.29, 1.82) is 0 Å². The lowest BCUT2D eigenvalue weighted by Gasteiger charge is -2.34. The summed E-state index contributed by atoms with van der Waals surface area (Å²) < 4.78 is 0. The van der Waals surface area contributed by atoms with Crippen molar-refractivity contribution in [1.82, 2.24) is 0 Å². The molecule has 0 aromatic carbocycles. The van der Waals surface area contributed by atoms with Crippen molar-refractivity contribution in [2.75, 3.05) is 6.61 Å². The van der Waals surface area contributed by atoms with E-state index in [2.05, 4.69) is 0 Å². The number of carbonyl (C=O) groups is 1. The summed E-state index contributed by atoms with van der Waals surface area (Å²) in [5.74, 6) is -0.619. The highest BCUT2D eigenvalue weighted by Gasteiger charge is 2.45. The maximum atomic E-state index is 11.5. The molecule has 96 valence electrons. The second kappa shape index (κ2) is 6.27. The van der Waals surface area contributed by atoms with Crippen LogP contribution < -0.4 is 0 Å². The van der Waals surface area contributed by atoms with Crippen LogP contribution in [0.5, 0.6) is 0 Å². The Morgan fingerprint density at radius 1 is 1.25 bits per heavy atom. The Hall–Kier alpha value is -0.530. The Balaban J connectivity index is 4.89. The summed E-state index contributed by atoms with van der Waals surface area (Å²) in [5.41, 5.74) is -2.09. The lowest BCUT2D eigenvalue weighted by molar-refractivity contribution is -0.175. The van der Waals surface area contributed by atoms with E-state index in [9.17, 15) is 20.1 Å². The standard InChI is InChI=1S/C10H20O6/c1-3-7(13)10(16,4-2)9(15)8(14)6(12)5-11/h6,8-9,11-12,14-16H,3-5H2,1-2H3. The lowest BCUT2D eigenvalue weighted by atomic mass is 9.83. The van der Waals surface area contributed by atoms with E-state index in [4.69, 9.17) is 10.2 Å². The predicted octanol–water partition coefficient (Wildman–Crippen LogP) is -1.82. The van der Waals surface area contributed by atoms with E-state index in [1.807, 2.05) is 0 Å². The summed E-state index contributed by atoms with van der Waals surface area (Å²) in [7, 11) is 0. The summed E-state index contributed by atoms with van der Waals surface area (Å²) in [6.07, 6.45) is -5.28. The van der Waals surface area contributed by atoms with Gasteiger partial charge in [0.15, 0.2) is 11.4 Å². The minimum absolute atomic E-state index is 0.00331. The molecule has 0 heterocycles. The van der Waals surface area contributed by atoms with E-state index in [1.54, 1.807) is 0 Å². The van der Waals surface area contributed by atoms with E-state index in [0.29, 0.717) is 0 Å². The van der Waals surface area contributed by atoms with Crippen LogP contribution >= 0.6 is 0 Å². The van der Waals surface area contributed by atoms with Gasteiger partial charge < -0.3 is 25.5 Å². The van der Waals surface area contributed by atoms with Crippen LogP contribution in [-0.4, -0.2) is 61.8 Å². The topological polar surface area (TPSA) is 118 Å². The van der Waals surface area contributed by atoms with E-state index in [1.165, 1.54) is 13.8 Å². The van der Waals surface area contributed by atoms with Crippen molar-refractivity contribution in [3.63, 3.8) is 0 Å². The highest BCUT2D eigenvalue weighted by molar-refractivity contribution is 5.87. The van der Waals surface area contributed by atoms with Crippen molar-refractivity contribution < 1.29 is 30.3 Å². The first-order valence-electron chi connectivity index (χ1n) is 5.25. The summed E-state index contributed by atoms with van der Waals surface area (Å²) in [6.45, 7) is 2.23. The fraction of sp³-hybridized carbons (Fsp3) is 0.900. The molecule has 4 atom stereocenters. The van der Waals surface area contributed by atoms with Crippen LogP contribution in [0.4, 0.5) is 0 Å². The largest absolute Gasteiger partial charge is 0.394 e. The molecule has 0 aromatic rings. The highest BCUT2D eigenvalue weighted by atomic mass is 16.4. The number of Topliss-reactive ketones (excluding diaryl/α,β-unsaturated/α-hetero) is 1. The first-order valence-corrected chi connectivity index (χ1v) is 5.25. The monoisotopic (exact) mass is 236 g/mol. The van der Waals surface area contributed by atoms with Gasteiger partial charge in [0, 0.05) is 6.42 Å². The van der Waals surface area contributed by atoms with Gasteiger partial charge in [-0.2, -0.15) is 0 Å². The molecule has 0 aliphatic rings. The normalized spacial score (nSPS) is 20.9. The average Bonchev–Trinajstić information content (AvgIpc) is 2.33. The van der Waals surface area contributed by atoms with Crippen molar-refractivity contribution in [2.24, 2.45) is 0 Å². The van der Waals surface area contributed by atoms with E-state index < -0.39 is 36.3 Å². The summed E-state index contributed by atoms with van der Waals surface area (Å²) in [6, 6.07) is 0. The molecule has 16 heavy (non-hydrogen) atoms. The molecule has 0 saturated carbocycles. The van der Waals surface area contributed by atoms with Crippen LogP contribution in [0.2, 0.25) is 0 Å². The molecule has 0 radical (unpaired) electrons. The quantitative estimate of drug-likeness (QED) is 0.355. The summed E-state index contributed by atoms with van der Waals surface area (Å²) >= 11 is 0. The van der Waals surface area contributed by atoms with E-state index in [-0.39, 0.29) is 12.8 Å². The van der Waals surface area contributed by atoms with Gasteiger partial charge >= 0.3 is 0 Å². The van der Waals surface area contributed by atoms with Gasteiger partial charge in [-0.15, -0.1) is 0 Å². The third kappa shape index (κ3) is 2.99. The number of hydrogen-bond acceptors (Lipinski definition) is 6. The number of rotatable bonds is 7. The van der Waals surface area contributed by atoms with Crippen LogP contribution in [0.1, 0.15) is 26.7 Å². The molecule has 0 aliphatic carbocycles. The Labute approximate surface area is 94.2 Å². The number of hydrogen-bond donors (Lipinski definition) is 5. The van der Waals surface area contributed by atoms with Gasteiger partial charge in [0.25, 0.3) is 0 Å². The molecule has 0 aliphatic heterocycles. The Kier molecular flexibility index (Phi) is 6.06. The van der Waals surface area contributed by atoms with Crippen LogP contribution in [0.3, 0.4) is 0 Å². The van der Waals surface area contributed by atoms with Crippen LogP contribution in [0, 0.1) is 0 Å². The number of ketones is 1. The van der Waals surface area contributed by atoms with E-state index >= 15 is 0 Å². The summed E-state index contributed by atoms with van der Waals surface area (Å²) in [4.78, 5) is 11.5. The average molecular weight is 236 g/mol. The van der Waals surface area contributed by atoms with Gasteiger partial charge in [-0.3, -0.25) is 4.79 Å². The lowest BCUT2D eigenvalue weighted by Crippen LogP contribution is -2.57. The molecular formula is C10H20O6. The molecule has 0 saturated heterocycles. The van der Waals surface area contributed by atoms with Crippen LogP contribution in [-0.2, 0) is 4.79 Å². The molecule has 5 N–H and O–H groups in total. The fourth-order valence-corrected chi connectivity index (χ4v) is 1.48. The summed E-state index contributed by atoms with van der Waals surface area (Å²) in [5, 5.41) is 46.7. The zero-order chi connectivity index (χ0) is 12.9. The van der Waals surface area contributed by atoms with Gasteiger partial charge in [0.1, 0.15) is 18.3 Å². The van der Waals surface area contributed by atoms with Gasteiger partial charge in [-0.1, -0.05) is 13.8 Å². The van der Waals surface area contributed by atoms with Gasteiger partial charge in [-0.05, 0) is 6.42 Å². The minimum Gasteiger partial charge on any atom is -0.394 e. The zero-order valence-corrected chi connectivity index (χ0v) is 9.50. The molecular weight excluding hydrogens is 216 g/mol. The SMILES string of the molecule is CCC(=O)C(O)(CC)C(O)C(O)C(O)CO. The molecule has 6 nitrogen and oxygen atoms in total. The molecule has 0 amide bonds. The maximum Gasteiger partial charge on any atom is 0.166 e. The third-order valence-corrected chi connectivity index (χ3v) is 2.74. The van der Waals surface area contributed by atoms with Gasteiger partial charge in [0.05, 0.1) is 6.61 Å². The number of carbonyl (C=O) groups excluding carboxylic acids is 1. The highest BCUT2D eigenvalue weighted by Crippen LogP contribution is 2.22. The second-order valence-corrected chi connectivity index (χ2v) is 3.74. The molecule has 6 heteroatoms. The molecule has 0 rings (SSSR count). The Morgan fingerprint density at radius 2 is 1.75 bits per heavy atom. The van der Waals surface area contributed by atoms with Crippen LogP contribution in [0.25, 0.3) is 0 Å². The minimum atomic E-state index is -2.09. The molecule has 4 unspecified atom stereocenters. The fourth-order valence-electron chi connectivity index (χ4n) is 1.48. The van der Waals surface area contributed by atoms with Gasteiger partial charge in [-0.25, -0.2) is 0 Å². The first-order chi connectivity index (χ1) is 7.34. The first kappa shape index (κ1) is 15.5. The predicted molar refractivity (Wildman–Crippen MR) is 55.6 cm³/mol. The van der Waals surface area contributed by atoms with Crippen molar-refractivity contribution >= 4 is 5.78 Å².